The molecule has 4 atom stereocenters. The van der Waals surface area contributed by atoms with Crippen LogP contribution in [0.25, 0.3) is 0 Å². The van der Waals surface area contributed by atoms with E-state index in [0.29, 0.717) is 17.3 Å². The third-order valence-corrected chi connectivity index (χ3v) is 5.07. The number of carbonyl (C=O) groups excluding carboxylic acids is 2. The molecule has 4 aliphatic rings. The molecule has 0 N–H and O–H groups in total. The molecular formula is C12H13NO2. The van der Waals surface area contributed by atoms with Crippen LogP contribution in [0, 0.1) is 29.1 Å². The van der Waals surface area contributed by atoms with Gasteiger partial charge in [-0.25, -0.2) is 0 Å². The minimum absolute atomic E-state index is 0.0139. The van der Waals surface area contributed by atoms with Crippen LogP contribution in [0.3, 0.4) is 0 Å². The van der Waals surface area contributed by atoms with Crippen molar-refractivity contribution in [3.05, 3.63) is 12.2 Å². The fourth-order valence-corrected chi connectivity index (χ4v) is 4.23. The van der Waals surface area contributed by atoms with Crippen LogP contribution in [0.15, 0.2) is 12.2 Å². The molecule has 0 unspecified atom stereocenters. The first-order valence-corrected chi connectivity index (χ1v) is 5.66. The van der Waals surface area contributed by atoms with E-state index in [2.05, 4.69) is 12.2 Å². The van der Waals surface area contributed by atoms with Gasteiger partial charge in [0.1, 0.15) is 0 Å². The summed E-state index contributed by atoms with van der Waals surface area (Å²) in [5.74, 6) is 0.837. The van der Waals surface area contributed by atoms with Gasteiger partial charge in [0.2, 0.25) is 11.8 Å². The Bertz CT molecular complexity index is 387. The van der Waals surface area contributed by atoms with Crippen LogP contribution >= 0.6 is 0 Å². The Kier molecular flexibility index (Phi) is 1.10. The Balaban J connectivity index is 1.87. The van der Waals surface area contributed by atoms with Crippen molar-refractivity contribution in [2.75, 3.05) is 7.05 Å². The zero-order valence-electron chi connectivity index (χ0n) is 8.64. The highest BCUT2D eigenvalue weighted by molar-refractivity contribution is 6.06. The normalized spacial score (nSPS) is 48.2. The highest BCUT2D eigenvalue weighted by Crippen LogP contribution is 2.73. The first-order chi connectivity index (χ1) is 7.17. The lowest BCUT2D eigenvalue weighted by Crippen LogP contribution is -2.31. The second kappa shape index (κ2) is 2.04. The number of imide groups is 1. The molecule has 3 nitrogen and oxygen atoms in total. The summed E-state index contributed by atoms with van der Waals surface area (Å²) in [4.78, 5) is 25.3. The average Bonchev–Trinajstić information content (AvgIpc) is 2.85. The summed E-state index contributed by atoms with van der Waals surface area (Å²) < 4.78 is 0. The molecule has 2 bridgehead atoms. The fourth-order valence-electron chi connectivity index (χ4n) is 4.23. The summed E-state index contributed by atoms with van der Waals surface area (Å²) >= 11 is 0. The van der Waals surface area contributed by atoms with Crippen LogP contribution in [0.2, 0.25) is 0 Å². The third-order valence-electron chi connectivity index (χ3n) is 5.07. The largest absolute Gasteiger partial charge is 0.285 e. The number of hydrogen-bond donors (Lipinski definition) is 0. The number of hydrogen-bond acceptors (Lipinski definition) is 2. The van der Waals surface area contributed by atoms with Crippen molar-refractivity contribution in [2.24, 2.45) is 29.1 Å². The van der Waals surface area contributed by atoms with E-state index in [0.717, 1.165) is 0 Å². The Labute approximate surface area is 88.1 Å². The molecule has 4 rings (SSSR count). The van der Waals surface area contributed by atoms with Crippen molar-refractivity contribution in [1.82, 2.24) is 4.90 Å². The lowest BCUT2D eigenvalue weighted by Gasteiger charge is -2.18. The maximum atomic E-state index is 12.0. The van der Waals surface area contributed by atoms with Crippen molar-refractivity contribution in [3.8, 4) is 0 Å². The molecule has 3 heteroatoms. The van der Waals surface area contributed by atoms with Gasteiger partial charge in [0.25, 0.3) is 0 Å². The number of amides is 2. The summed E-state index contributed by atoms with van der Waals surface area (Å²) in [6.07, 6.45) is 6.82. The molecule has 0 aromatic heterocycles. The van der Waals surface area contributed by atoms with Crippen molar-refractivity contribution in [1.29, 1.82) is 0 Å². The molecule has 2 amide bonds. The molecule has 78 valence electrons. The van der Waals surface area contributed by atoms with Gasteiger partial charge in [-0.1, -0.05) is 12.2 Å². The van der Waals surface area contributed by atoms with Crippen LogP contribution in [0.5, 0.6) is 0 Å². The second-order valence-electron chi connectivity index (χ2n) is 5.46. The Hall–Kier alpha value is -1.12. The monoisotopic (exact) mass is 203 g/mol. The zero-order valence-corrected chi connectivity index (χ0v) is 8.64. The first-order valence-electron chi connectivity index (χ1n) is 5.66. The van der Waals surface area contributed by atoms with Gasteiger partial charge in [-0.3, -0.25) is 14.5 Å². The predicted octanol–water partition coefficient (Wildman–Crippen LogP) is 0.813. The maximum absolute atomic E-state index is 12.0. The molecule has 1 spiro atoms. The second-order valence-corrected chi connectivity index (χ2v) is 5.46. The quantitative estimate of drug-likeness (QED) is 0.431. The minimum atomic E-state index is -0.0139. The SMILES string of the molecule is CN1C(=O)[C@@H]2[C@@H](C1=O)[C@@H]1C=C[C@@H]2C12CC2. The number of rotatable bonds is 0. The van der Waals surface area contributed by atoms with Crippen LogP contribution < -0.4 is 0 Å². The van der Waals surface area contributed by atoms with E-state index < -0.39 is 0 Å². The summed E-state index contributed by atoms with van der Waals surface area (Å²) in [5, 5.41) is 0. The van der Waals surface area contributed by atoms with Gasteiger partial charge >= 0.3 is 0 Å². The molecule has 1 saturated heterocycles. The molecule has 3 aliphatic carbocycles. The molecule has 0 aromatic rings. The van der Waals surface area contributed by atoms with Gasteiger partial charge in [0.15, 0.2) is 0 Å². The summed E-state index contributed by atoms with van der Waals surface area (Å²) in [5.41, 5.74) is 0.335. The van der Waals surface area contributed by atoms with Crippen molar-refractivity contribution in [3.63, 3.8) is 0 Å². The van der Waals surface area contributed by atoms with Gasteiger partial charge in [-0.05, 0) is 30.1 Å². The lowest BCUT2D eigenvalue weighted by molar-refractivity contribution is -0.139. The number of likely N-dealkylation sites (tertiary alicyclic amines) is 1. The number of fused-ring (bicyclic) bond motifs is 3. The molecule has 0 aromatic carbocycles. The van der Waals surface area contributed by atoms with Crippen LogP contribution in [0.4, 0.5) is 0 Å². The standard InChI is InChI=1S/C12H13NO2/c1-13-10(14)8-6-2-3-7(9(8)11(13)15)12(6)4-5-12/h2-3,6-9H,4-5H2,1H3/t6-,7-,8-,9-/m0/s1. The van der Waals surface area contributed by atoms with E-state index in [-0.39, 0.29) is 23.7 Å². The molecule has 15 heavy (non-hydrogen) atoms. The van der Waals surface area contributed by atoms with Gasteiger partial charge < -0.3 is 0 Å². The number of carbonyl (C=O) groups is 2. The van der Waals surface area contributed by atoms with Gasteiger partial charge in [-0.2, -0.15) is 0 Å². The molecule has 2 saturated carbocycles. The smallest absolute Gasteiger partial charge is 0.233 e. The van der Waals surface area contributed by atoms with Gasteiger partial charge in [0.05, 0.1) is 11.8 Å². The number of allylic oxidation sites excluding steroid dienone is 2. The van der Waals surface area contributed by atoms with Crippen molar-refractivity contribution >= 4 is 11.8 Å². The molecule has 1 aliphatic heterocycles. The topological polar surface area (TPSA) is 37.4 Å². The maximum Gasteiger partial charge on any atom is 0.233 e. The van der Waals surface area contributed by atoms with E-state index >= 15 is 0 Å². The summed E-state index contributed by atoms with van der Waals surface area (Å²) in [7, 11) is 1.63. The van der Waals surface area contributed by atoms with Crippen LogP contribution in [-0.4, -0.2) is 23.8 Å². The molecule has 3 fully saturated rings. The van der Waals surface area contributed by atoms with Crippen molar-refractivity contribution in [2.45, 2.75) is 12.8 Å². The summed E-state index contributed by atoms with van der Waals surface area (Å²) in [6, 6.07) is 0. The van der Waals surface area contributed by atoms with E-state index in [1.54, 1.807) is 7.05 Å². The van der Waals surface area contributed by atoms with E-state index in [4.69, 9.17) is 0 Å². The van der Waals surface area contributed by atoms with Gasteiger partial charge in [0, 0.05) is 7.05 Å². The zero-order chi connectivity index (χ0) is 10.4. The van der Waals surface area contributed by atoms with Gasteiger partial charge in [-0.15, -0.1) is 0 Å². The Morgan fingerprint density at radius 1 is 1.13 bits per heavy atom. The van der Waals surface area contributed by atoms with E-state index in [1.165, 1.54) is 17.7 Å². The highest BCUT2D eigenvalue weighted by Gasteiger charge is 2.72. The molecule has 1 heterocycles. The fraction of sp³-hybridized carbons (Fsp3) is 0.667. The molecular weight excluding hydrogens is 190 g/mol. The van der Waals surface area contributed by atoms with E-state index in [9.17, 15) is 9.59 Å². The average molecular weight is 203 g/mol. The number of nitrogens with zero attached hydrogens (tertiary/aromatic N) is 1. The van der Waals surface area contributed by atoms with Crippen LogP contribution in [-0.2, 0) is 9.59 Å². The van der Waals surface area contributed by atoms with Crippen LogP contribution in [0.1, 0.15) is 12.8 Å². The Morgan fingerprint density at radius 3 is 2.00 bits per heavy atom. The van der Waals surface area contributed by atoms with E-state index in [1.807, 2.05) is 0 Å². The highest BCUT2D eigenvalue weighted by atomic mass is 16.2. The minimum Gasteiger partial charge on any atom is -0.285 e. The first kappa shape index (κ1) is 8.08. The predicted molar refractivity (Wildman–Crippen MR) is 52.5 cm³/mol. The molecule has 0 radical (unpaired) electrons. The lowest BCUT2D eigenvalue weighted by atomic mass is 9.85. The Morgan fingerprint density at radius 2 is 1.60 bits per heavy atom. The summed E-state index contributed by atoms with van der Waals surface area (Å²) in [6.45, 7) is 0. The third kappa shape index (κ3) is 0.638. The van der Waals surface area contributed by atoms with Crippen molar-refractivity contribution < 1.29 is 9.59 Å².